The average molecular weight is 725 g/mol. The Balaban J connectivity index is 1.40. The molecule has 5 rings (SSSR count). The molecule has 1 saturated carbocycles. The lowest BCUT2D eigenvalue weighted by Gasteiger charge is -2.31. The molecular weight excluding hydrogens is 686 g/mol. The Labute approximate surface area is 286 Å². The molecule has 266 valence electrons. The molecule has 1 saturated heterocycles. The Morgan fingerprint density at radius 2 is 2.06 bits per heavy atom. The molecule has 3 heterocycles. The first-order chi connectivity index (χ1) is 22.9. The van der Waals surface area contributed by atoms with Gasteiger partial charge in [0.1, 0.15) is 23.6 Å². The highest BCUT2D eigenvalue weighted by atomic mass is 35.5. The first kappa shape index (κ1) is 36.5. The Kier molecular flexibility index (Phi) is 10.6. The van der Waals surface area contributed by atoms with E-state index in [1.807, 2.05) is 0 Å². The van der Waals surface area contributed by atoms with Crippen molar-refractivity contribution in [2.24, 2.45) is 11.8 Å². The number of rotatable bonds is 9. The number of nitrogens with zero attached hydrogens (tertiary/aromatic N) is 3. The average Bonchev–Trinajstić information content (AvgIpc) is 3.55. The number of benzene rings is 1. The van der Waals surface area contributed by atoms with Crippen molar-refractivity contribution in [2.75, 3.05) is 18.9 Å². The molecule has 49 heavy (non-hydrogen) atoms. The van der Waals surface area contributed by atoms with E-state index in [9.17, 15) is 23.3 Å². The maximum absolute atomic E-state index is 14.6. The highest BCUT2D eigenvalue weighted by molar-refractivity contribution is 7.48. The molecule has 2 aliphatic rings. The fourth-order valence-electron chi connectivity index (χ4n) is 5.71. The second kappa shape index (κ2) is 14.2. The maximum Gasteiger partial charge on any atom is 0.475 e. The van der Waals surface area contributed by atoms with Gasteiger partial charge >= 0.3 is 19.9 Å². The van der Waals surface area contributed by atoms with E-state index in [0.29, 0.717) is 5.57 Å². The third-order valence-electron chi connectivity index (χ3n) is 8.06. The number of nitrogen functional groups attached to an aromatic ring is 1. The number of hydrogen-bond donors (Lipinski definition) is 3. The van der Waals surface area contributed by atoms with Crippen LogP contribution in [0, 0.1) is 17.7 Å². The second-order valence-electron chi connectivity index (χ2n) is 13.2. The summed E-state index contributed by atoms with van der Waals surface area (Å²) < 4.78 is 58.1. The largest absolute Gasteiger partial charge is 0.475 e. The van der Waals surface area contributed by atoms with Crippen molar-refractivity contribution < 1.29 is 41.6 Å². The number of phosphoric ester groups is 1. The van der Waals surface area contributed by atoms with Crippen molar-refractivity contribution >= 4 is 48.6 Å². The van der Waals surface area contributed by atoms with Crippen molar-refractivity contribution in [3.63, 3.8) is 0 Å². The van der Waals surface area contributed by atoms with Gasteiger partial charge in [-0.25, -0.2) is 23.5 Å². The van der Waals surface area contributed by atoms with Crippen LogP contribution in [0.25, 0.3) is 11.2 Å². The number of nitrogens with two attached hydrogens (primary N) is 1. The van der Waals surface area contributed by atoms with E-state index in [2.05, 4.69) is 26.8 Å². The van der Waals surface area contributed by atoms with Gasteiger partial charge in [-0.2, -0.15) is 4.98 Å². The number of phosphoric acid groups is 1. The molecule has 15 nitrogen and oxygen atoms in total. The summed E-state index contributed by atoms with van der Waals surface area (Å²) in [6.45, 7) is 12.4. The minimum absolute atomic E-state index is 0.0319. The van der Waals surface area contributed by atoms with Crippen molar-refractivity contribution in [3.05, 3.63) is 63.4 Å². The number of anilines is 1. The SMILES string of the molecule is C=C1C(n2cnc3c(=O)[nH]c(N)nc32)C[C@H](OC(=O)[C@@H](NC(=O)OC(C)(C)C)C(C)C)[C@H]1CO[P@]1(=O)OCC[C@H](c2cc(Cl)ccc2F)O1. The number of alkyl carbamates (subject to hydrolysis) is 1. The summed E-state index contributed by atoms with van der Waals surface area (Å²) in [7, 11) is -4.27. The predicted molar refractivity (Wildman–Crippen MR) is 176 cm³/mol. The molecule has 18 heteroatoms. The number of aromatic amines is 1. The number of fused-ring (bicyclic) bond motifs is 1. The van der Waals surface area contributed by atoms with Crippen LogP contribution in [0.2, 0.25) is 5.02 Å². The number of amides is 1. The van der Waals surface area contributed by atoms with Gasteiger partial charge in [-0.05, 0) is 50.5 Å². The first-order valence-electron chi connectivity index (χ1n) is 15.6. The fraction of sp³-hybridized carbons (Fsp3) is 0.516. The molecule has 1 aliphatic carbocycles. The third kappa shape index (κ3) is 8.32. The minimum atomic E-state index is -4.27. The maximum atomic E-state index is 14.6. The van der Waals surface area contributed by atoms with Gasteiger partial charge in [0.05, 0.1) is 31.7 Å². The molecule has 0 spiro atoms. The molecule has 1 amide bonds. The van der Waals surface area contributed by atoms with E-state index in [1.54, 1.807) is 39.2 Å². The van der Waals surface area contributed by atoms with E-state index < -0.39 is 73.0 Å². The molecule has 1 aromatic carbocycles. The topological polar surface area (TPSA) is 199 Å². The van der Waals surface area contributed by atoms with Crippen molar-refractivity contribution in [3.8, 4) is 0 Å². The number of H-pyrrole nitrogens is 1. The number of hydrogen-bond acceptors (Lipinski definition) is 12. The van der Waals surface area contributed by atoms with E-state index in [1.165, 1.54) is 24.5 Å². The fourth-order valence-corrected chi connectivity index (χ4v) is 7.29. The predicted octanol–water partition coefficient (Wildman–Crippen LogP) is 5.38. The lowest BCUT2D eigenvalue weighted by atomic mass is 10.0. The molecule has 1 unspecified atom stereocenters. The molecule has 6 atom stereocenters. The van der Waals surface area contributed by atoms with Gasteiger partial charge < -0.3 is 25.1 Å². The second-order valence-corrected chi connectivity index (χ2v) is 15.2. The lowest BCUT2D eigenvalue weighted by molar-refractivity contribution is -0.154. The van der Waals surface area contributed by atoms with Gasteiger partial charge in [0.25, 0.3) is 5.56 Å². The molecule has 1 aliphatic heterocycles. The van der Waals surface area contributed by atoms with Gasteiger partial charge in [0.2, 0.25) is 5.95 Å². The van der Waals surface area contributed by atoms with Gasteiger partial charge in [-0.15, -0.1) is 0 Å². The zero-order valence-corrected chi connectivity index (χ0v) is 29.3. The summed E-state index contributed by atoms with van der Waals surface area (Å²) in [5.41, 5.74) is 5.22. The monoisotopic (exact) mass is 724 g/mol. The van der Waals surface area contributed by atoms with Gasteiger partial charge in [0.15, 0.2) is 11.2 Å². The standard InChI is InChI=1S/C31H39ClFN6O9P/c1-15(2)24(36-30(42)47-31(4,5)6)28(41)46-23-12-21(39-14-35-25-26(39)37-29(34)38-27(25)40)16(3)19(23)13-45-49(43)44-10-9-22(48-49)18-11-17(32)7-8-20(18)33/h7-8,11,14-15,19,21-24H,3,9-10,12-13H2,1-2,4-6H3,(H,36,42)(H3,34,37,38,40)/t19-,21?,22+,23-,24-,49-/m0/s1. The van der Waals surface area contributed by atoms with Crippen LogP contribution in [0.4, 0.5) is 15.1 Å². The molecule has 0 radical (unpaired) electrons. The van der Waals surface area contributed by atoms with E-state index >= 15 is 0 Å². The van der Waals surface area contributed by atoms with Crippen molar-refractivity contribution in [1.82, 2.24) is 24.8 Å². The van der Waals surface area contributed by atoms with Crippen LogP contribution in [-0.2, 0) is 32.4 Å². The van der Waals surface area contributed by atoms with Crippen LogP contribution in [-0.4, -0.2) is 62.5 Å². The van der Waals surface area contributed by atoms with Crippen LogP contribution < -0.4 is 16.6 Å². The van der Waals surface area contributed by atoms with Crippen LogP contribution in [0.5, 0.6) is 0 Å². The molecular formula is C31H39ClFN6O9P. The van der Waals surface area contributed by atoms with Crippen molar-refractivity contribution in [1.29, 1.82) is 0 Å². The number of carbonyl (C=O) groups excluding carboxylic acids is 2. The quantitative estimate of drug-likeness (QED) is 0.145. The molecule has 2 aromatic heterocycles. The minimum Gasteiger partial charge on any atom is -0.460 e. The number of halogens is 2. The van der Waals surface area contributed by atoms with E-state index in [4.69, 9.17) is 40.4 Å². The van der Waals surface area contributed by atoms with Gasteiger partial charge in [-0.3, -0.25) is 23.3 Å². The number of carbonyl (C=O) groups is 2. The summed E-state index contributed by atoms with van der Waals surface area (Å²) in [5.74, 6) is -2.68. The highest BCUT2D eigenvalue weighted by Crippen LogP contribution is 2.58. The van der Waals surface area contributed by atoms with E-state index in [-0.39, 0.29) is 53.8 Å². The molecule has 0 bridgehead atoms. The highest BCUT2D eigenvalue weighted by Gasteiger charge is 2.46. The van der Waals surface area contributed by atoms with Gasteiger partial charge in [0, 0.05) is 29.3 Å². The van der Waals surface area contributed by atoms with Crippen LogP contribution >= 0.6 is 19.4 Å². The first-order valence-corrected chi connectivity index (χ1v) is 17.4. The lowest BCUT2D eigenvalue weighted by Crippen LogP contribution is -2.48. The number of nitrogens with one attached hydrogen (secondary N) is 2. The Morgan fingerprint density at radius 1 is 1.33 bits per heavy atom. The number of esters is 1. The van der Waals surface area contributed by atoms with Crippen LogP contribution in [0.15, 0.2) is 41.5 Å². The Hall–Kier alpha value is -3.82. The molecule has 4 N–H and O–H groups in total. The summed E-state index contributed by atoms with van der Waals surface area (Å²) >= 11 is 6.06. The number of imidazole rings is 1. The zero-order valence-electron chi connectivity index (χ0n) is 27.6. The molecule has 2 fully saturated rings. The van der Waals surface area contributed by atoms with Crippen molar-refractivity contribution in [2.45, 2.75) is 77.4 Å². The number of ether oxygens (including phenoxy) is 2. The molecule has 3 aromatic rings. The zero-order chi connectivity index (χ0) is 35.8. The Morgan fingerprint density at radius 3 is 2.76 bits per heavy atom. The Bertz CT molecular complexity index is 1860. The van der Waals surface area contributed by atoms with Crippen LogP contribution in [0.1, 0.15) is 65.2 Å². The smallest absolute Gasteiger partial charge is 0.460 e. The normalized spacial score (nSPS) is 25.0. The third-order valence-corrected chi connectivity index (χ3v) is 9.77. The van der Waals surface area contributed by atoms with E-state index in [0.717, 1.165) is 0 Å². The van der Waals surface area contributed by atoms with Crippen LogP contribution in [0.3, 0.4) is 0 Å². The summed E-state index contributed by atoms with van der Waals surface area (Å²) in [4.78, 5) is 49.5. The summed E-state index contributed by atoms with van der Waals surface area (Å²) in [6, 6.07) is 2.23. The van der Waals surface area contributed by atoms with Gasteiger partial charge in [-0.1, -0.05) is 32.0 Å². The summed E-state index contributed by atoms with van der Waals surface area (Å²) in [5, 5.41) is 2.85. The number of aromatic nitrogens is 4. The summed E-state index contributed by atoms with van der Waals surface area (Å²) in [6.07, 6.45) is -1.02.